The first kappa shape index (κ1) is 21.8. The van der Waals surface area contributed by atoms with Crippen molar-refractivity contribution in [2.45, 2.75) is 70.6 Å². The highest BCUT2D eigenvalue weighted by Crippen LogP contribution is 2.31. The van der Waals surface area contributed by atoms with E-state index in [2.05, 4.69) is 57.9 Å². The molecule has 2 fully saturated rings. The van der Waals surface area contributed by atoms with Crippen molar-refractivity contribution in [1.82, 2.24) is 25.8 Å². The summed E-state index contributed by atoms with van der Waals surface area (Å²) in [5.74, 6) is 2.36. The summed E-state index contributed by atoms with van der Waals surface area (Å²) in [6.45, 7) is 7.62. The Balaban J connectivity index is 1.44. The zero-order valence-electron chi connectivity index (χ0n) is 19.1. The number of piperazine rings is 1. The molecule has 3 N–H and O–H groups in total. The number of allylic oxidation sites excluding steroid dienone is 1. The molecule has 6 heteroatoms. The van der Waals surface area contributed by atoms with Crippen molar-refractivity contribution in [2.75, 3.05) is 39.8 Å². The Bertz CT molecular complexity index is 628. The van der Waals surface area contributed by atoms with E-state index in [0.29, 0.717) is 5.92 Å². The molecule has 4 aliphatic rings. The second kappa shape index (κ2) is 10.8. The van der Waals surface area contributed by atoms with Crippen LogP contribution in [0.5, 0.6) is 0 Å². The van der Waals surface area contributed by atoms with Crippen molar-refractivity contribution < 1.29 is 0 Å². The summed E-state index contributed by atoms with van der Waals surface area (Å²) in [6, 6.07) is 0. The van der Waals surface area contributed by atoms with E-state index in [0.717, 1.165) is 57.4 Å². The molecule has 1 saturated carbocycles. The fourth-order valence-electron chi connectivity index (χ4n) is 5.37. The molecule has 4 rings (SSSR count). The van der Waals surface area contributed by atoms with Gasteiger partial charge >= 0.3 is 0 Å². The van der Waals surface area contributed by atoms with Crippen LogP contribution in [0.25, 0.3) is 0 Å². The van der Waals surface area contributed by atoms with Gasteiger partial charge in [0.15, 0.2) is 5.96 Å². The van der Waals surface area contributed by atoms with Crippen LogP contribution in [0.15, 0.2) is 28.9 Å². The summed E-state index contributed by atoms with van der Waals surface area (Å²) in [4.78, 5) is 10.1. The quantitative estimate of drug-likeness (QED) is 0.604. The molecule has 0 spiro atoms. The van der Waals surface area contributed by atoms with E-state index in [1.165, 1.54) is 44.2 Å². The molecule has 0 aromatic rings. The predicted octanol–water partition coefficient (Wildman–Crippen LogP) is 2.86. The first-order valence-corrected chi connectivity index (χ1v) is 12.3. The van der Waals surface area contributed by atoms with Gasteiger partial charge in [-0.15, -0.1) is 0 Å². The maximum Gasteiger partial charge on any atom is 0.198 e. The highest BCUT2D eigenvalue weighted by Gasteiger charge is 2.28. The second-order valence-corrected chi connectivity index (χ2v) is 9.60. The molecule has 2 unspecified atom stereocenters. The fourth-order valence-corrected chi connectivity index (χ4v) is 5.37. The van der Waals surface area contributed by atoms with Crippen molar-refractivity contribution in [3.05, 3.63) is 23.9 Å². The van der Waals surface area contributed by atoms with Gasteiger partial charge in [0, 0.05) is 50.8 Å². The van der Waals surface area contributed by atoms with E-state index < -0.39 is 0 Å². The van der Waals surface area contributed by atoms with Gasteiger partial charge in [-0.1, -0.05) is 57.3 Å². The summed E-state index contributed by atoms with van der Waals surface area (Å²) in [5.41, 5.74) is 1.29. The number of hydrogen-bond donors (Lipinski definition) is 3. The molecule has 0 aromatic carbocycles. The molecule has 0 radical (unpaired) electrons. The van der Waals surface area contributed by atoms with Crippen molar-refractivity contribution in [1.29, 1.82) is 0 Å². The Kier molecular flexibility index (Phi) is 7.85. The number of nitrogens with zero attached hydrogens (tertiary/aromatic N) is 3. The Morgan fingerprint density at radius 2 is 1.93 bits per heavy atom. The third kappa shape index (κ3) is 5.86. The minimum atomic E-state index is 0.230. The lowest BCUT2D eigenvalue weighted by molar-refractivity contribution is 0.115. The summed E-state index contributed by atoms with van der Waals surface area (Å²) >= 11 is 0. The average molecular weight is 415 g/mol. The van der Waals surface area contributed by atoms with Gasteiger partial charge in [0.25, 0.3) is 0 Å². The van der Waals surface area contributed by atoms with Crippen LogP contribution >= 0.6 is 0 Å². The van der Waals surface area contributed by atoms with E-state index >= 15 is 0 Å². The van der Waals surface area contributed by atoms with E-state index in [9.17, 15) is 0 Å². The highest BCUT2D eigenvalue weighted by atomic mass is 15.3. The summed E-state index contributed by atoms with van der Waals surface area (Å²) in [7, 11) is 2.21. The molecule has 6 nitrogen and oxygen atoms in total. The number of likely N-dealkylation sites (N-methyl/N-ethyl adjacent to an activating group) is 1. The SMILES string of the molecule is CCC1=CCC(N2CCN(C)CC2)N=C(N[C@@H]2NCC=CC2CC2CCCCC2)N1. The summed E-state index contributed by atoms with van der Waals surface area (Å²) < 4.78 is 0. The molecular formula is C24H42N6. The zero-order chi connectivity index (χ0) is 20.8. The van der Waals surface area contributed by atoms with Crippen LogP contribution < -0.4 is 16.0 Å². The van der Waals surface area contributed by atoms with Gasteiger partial charge < -0.3 is 15.5 Å². The molecular weight excluding hydrogens is 372 g/mol. The van der Waals surface area contributed by atoms with E-state index in [1.54, 1.807) is 0 Å². The first-order chi connectivity index (χ1) is 14.7. The summed E-state index contributed by atoms with van der Waals surface area (Å²) in [6.07, 6.45) is 18.0. The number of nitrogens with one attached hydrogen (secondary N) is 3. The van der Waals surface area contributed by atoms with Crippen LogP contribution in [0.4, 0.5) is 0 Å². The smallest absolute Gasteiger partial charge is 0.198 e. The lowest BCUT2D eigenvalue weighted by Crippen LogP contribution is -2.55. The highest BCUT2D eigenvalue weighted by molar-refractivity contribution is 5.82. The molecule has 0 amide bonds. The van der Waals surface area contributed by atoms with Crippen LogP contribution in [0, 0.1) is 11.8 Å². The van der Waals surface area contributed by atoms with Crippen molar-refractivity contribution >= 4 is 5.96 Å². The van der Waals surface area contributed by atoms with Gasteiger partial charge in [0.1, 0.15) is 6.17 Å². The van der Waals surface area contributed by atoms with Gasteiger partial charge in [-0.3, -0.25) is 10.2 Å². The minimum absolute atomic E-state index is 0.230. The molecule has 0 bridgehead atoms. The van der Waals surface area contributed by atoms with Gasteiger partial charge in [0.2, 0.25) is 0 Å². The molecule has 1 aliphatic carbocycles. The average Bonchev–Trinajstić information content (AvgIpc) is 2.99. The molecule has 0 aromatic heterocycles. The van der Waals surface area contributed by atoms with Gasteiger partial charge in [-0.2, -0.15) is 0 Å². The van der Waals surface area contributed by atoms with Crippen LogP contribution in [0.2, 0.25) is 0 Å². The van der Waals surface area contributed by atoms with Crippen LogP contribution in [0.3, 0.4) is 0 Å². The monoisotopic (exact) mass is 414 g/mol. The largest absolute Gasteiger partial charge is 0.340 e. The zero-order valence-corrected chi connectivity index (χ0v) is 19.1. The Hall–Kier alpha value is -1.37. The molecule has 30 heavy (non-hydrogen) atoms. The standard InChI is InChI=1S/C24H42N6/c1-3-21-11-12-22(30-16-14-29(2)15-17-30)27-24(26-21)28-23-20(10-7-13-25-23)18-19-8-5-4-6-9-19/h7,10-11,19-20,22-23,25H,3-6,8-9,12-18H2,1-2H3,(H2,26,27,28)/t20?,22?,23-/m0/s1. The third-order valence-corrected chi connectivity index (χ3v) is 7.36. The molecule has 168 valence electrons. The first-order valence-electron chi connectivity index (χ1n) is 12.3. The van der Waals surface area contributed by atoms with Gasteiger partial charge in [-0.05, 0) is 25.8 Å². The maximum atomic E-state index is 5.18. The normalized spacial score (nSPS) is 32.1. The minimum Gasteiger partial charge on any atom is -0.340 e. The third-order valence-electron chi connectivity index (χ3n) is 7.36. The maximum absolute atomic E-state index is 5.18. The topological polar surface area (TPSA) is 54.9 Å². The fraction of sp³-hybridized carbons (Fsp3) is 0.792. The lowest BCUT2D eigenvalue weighted by Gasteiger charge is -2.36. The Morgan fingerprint density at radius 1 is 1.13 bits per heavy atom. The van der Waals surface area contributed by atoms with Crippen molar-refractivity contribution in [3.63, 3.8) is 0 Å². The van der Waals surface area contributed by atoms with Crippen LogP contribution in [-0.4, -0.2) is 67.9 Å². The number of rotatable bonds is 5. The van der Waals surface area contributed by atoms with Gasteiger partial charge in [-0.25, -0.2) is 4.99 Å². The Morgan fingerprint density at radius 3 is 2.70 bits per heavy atom. The Labute approximate surface area is 183 Å². The number of hydrogen-bond acceptors (Lipinski definition) is 6. The van der Waals surface area contributed by atoms with Crippen molar-refractivity contribution in [2.24, 2.45) is 16.8 Å². The number of guanidine groups is 1. The van der Waals surface area contributed by atoms with Gasteiger partial charge in [0.05, 0.1) is 6.17 Å². The molecule has 3 heterocycles. The second-order valence-electron chi connectivity index (χ2n) is 9.60. The summed E-state index contributed by atoms with van der Waals surface area (Å²) in [5, 5.41) is 11.1. The predicted molar refractivity (Wildman–Crippen MR) is 125 cm³/mol. The number of aliphatic imine (C=N–C) groups is 1. The van der Waals surface area contributed by atoms with Crippen LogP contribution in [-0.2, 0) is 0 Å². The lowest BCUT2D eigenvalue weighted by atomic mass is 9.81. The molecule has 1 saturated heterocycles. The van der Waals surface area contributed by atoms with E-state index in [4.69, 9.17) is 4.99 Å². The molecule has 3 aliphatic heterocycles. The molecule has 3 atom stereocenters. The van der Waals surface area contributed by atoms with E-state index in [-0.39, 0.29) is 12.3 Å². The van der Waals surface area contributed by atoms with Crippen LogP contribution in [0.1, 0.15) is 58.3 Å². The van der Waals surface area contributed by atoms with E-state index in [1.807, 2.05) is 0 Å². The van der Waals surface area contributed by atoms with Crippen molar-refractivity contribution in [3.8, 4) is 0 Å².